The minimum Gasteiger partial charge on any atom is -0.344 e. The molecule has 0 aromatic carbocycles. The molecule has 3 heteroatoms. The van der Waals surface area contributed by atoms with E-state index in [1.165, 1.54) is 0 Å². The van der Waals surface area contributed by atoms with E-state index in [1.54, 1.807) is 4.90 Å². The lowest BCUT2D eigenvalue weighted by Crippen LogP contribution is -2.42. The van der Waals surface area contributed by atoms with Crippen LogP contribution in [0.15, 0.2) is 0 Å². The predicted molar refractivity (Wildman–Crippen MR) is 55.4 cm³/mol. The average molecular weight is 186 g/mol. The van der Waals surface area contributed by atoms with Crippen molar-refractivity contribution in [3.63, 3.8) is 0 Å². The van der Waals surface area contributed by atoms with Crippen molar-refractivity contribution in [1.82, 2.24) is 4.90 Å². The summed E-state index contributed by atoms with van der Waals surface area (Å²) in [5.74, 6) is 0.568. The minimum atomic E-state index is -0.311. The van der Waals surface area contributed by atoms with E-state index in [0.717, 1.165) is 19.4 Å². The van der Waals surface area contributed by atoms with Gasteiger partial charge in [-0.25, -0.2) is 0 Å². The van der Waals surface area contributed by atoms with Crippen molar-refractivity contribution in [2.24, 2.45) is 11.7 Å². The first-order valence-corrected chi connectivity index (χ1v) is 4.99. The van der Waals surface area contributed by atoms with Crippen molar-refractivity contribution in [1.29, 1.82) is 0 Å². The van der Waals surface area contributed by atoms with Gasteiger partial charge >= 0.3 is 0 Å². The van der Waals surface area contributed by atoms with Gasteiger partial charge in [0.25, 0.3) is 0 Å². The molecule has 0 fully saturated rings. The minimum absolute atomic E-state index is 0.0653. The first-order valence-electron chi connectivity index (χ1n) is 4.99. The smallest absolute Gasteiger partial charge is 0.239 e. The number of carbonyl (C=O) groups excluding carboxylic acids is 1. The van der Waals surface area contributed by atoms with Crippen LogP contribution in [0.1, 0.15) is 33.6 Å². The molecule has 13 heavy (non-hydrogen) atoms. The summed E-state index contributed by atoms with van der Waals surface area (Å²) in [6.07, 6.45) is 1.74. The van der Waals surface area contributed by atoms with Gasteiger partial charge in [-0.3, -0.25) is 4.79 Å². The highest BCUT2D eigenvalue weighted by molar-refractivity contribution is 5.81. The van der Waals surface area contributed by atoms with Crippen molar-refractivity contribution in [2.45, 2.75) is 39.7 Å². The van der Waals surface area contributed by atoms with E-state index >= 15 is 0 Å². The third-order valence-electron chi connectivity index (χ3n) is 1.93. The highest BCUT2D eigenvalue weighted by Gasteiger charge is 2.17. The van der Waals surface area contributed by atoms with Gasteiger partial charge in [0.2, 0.25) is 5.91 Å². The van der Waals surface area contributed by atoms with Crippen LogP contribution in [0, 0.1) is 5.92 Å². The summed E-state index contributed by atoms with van der Waals surface area (Å²) >= 11 is 0. The molecule has 1 amide bonds. The van der Waals surface area contributed by atoms with E-state index in [9.17, 15) is 4.79 Å². The normalized spacial score (nSPS) is 13.1. The zero-order valence-corrected chi connectivity index (χ0v) is 9.21. The lowest BCUT2D eigenvalue weighted by molar-refractivity contribution is -0.131. The molecule has 1 atom stereocenters. The number of hydrogen-bond donors (Lipinski definition) is 1. The van der Waals surface area contributed by atoms with Gasteiger partial charge in [-0.1, -0.05) is 27.2 Å². The van der Waals surface area contributed by atoms with Gasteiger partial charge in [0.15, 0.2) is 0 Å². The lowest BCUT2D eigenvalue weighted by Gasteiger charge is -2.22. The van der Waals surface area contributed by atoms with Crippen molar-refractivity contribution in [3.05, 3.63) is 0 Å². The Morgan fingerprint density at radius 1 is 1.46 bits per heavy atom. The molecule has 0 saturated heterocycles. The maximum Gasteiger partial charge on any atom is 0.239 e. The largest absolute Gasteiger partial charge is 0.344 e. The summed E-state index contributed by atoms with van der Waals surface area (Å²) in [6, 6.07) is -0.311. The van der Waals surface area contributed by atoms with E-state index in [0.29, 0.717) is 5.92 Å². The van der Waals surface area contributed by atoms with Gasteiger partial charge in [-0.05, 0) is 12.3 Å². The zero-order valence-electron chi connectivity index (χ0n) is 9.21. The number of rotatable bonds is 5. The molecule has 0 spiro atoms. The molecule has 0 heterocycles. The quantitative estimate of drug-likeness (QED) is 0.702. The number of likely N-dealkylation sites (N-methyl/N-ethyl adjacent to an activating group) is 1. The van der Waals surface area contributed by atoms with Crippen molar-refractivity contribution < 1.29 is 4.79 Å². The topological polar surface area (TPSA) is 46.3 Å². The second-order valence-corrected chi connectivity index (χ2v) is 4.01. The number of hydrogen-bond acceptors (Lipinski definition) is 2. The monoisotopic (exact) mass is 186 g/mol. The molecule has 0 saturated carbocycles. The van der Waals surface area contributed by atoms with Crippen LogP contribution >= 0.6 is 0 Å². The first kappa shape index (κ1) is 12.4. The molecule has 2 N–H and O–H groups in total. The maximum absolute atomic E-state index is 11.6. The summed E-state index contributed by atoms with van der Waals surface area (Å²) in [4.78, 5) is 13.3. The molecule has 3 nitrogen and oxygen atoms in total. The third-order valence-corrected chi connectivity index (χ3v) is 1.93. The molecule has 0 aliphatic rings. The molecule has 0 aliphatic heterocycles. The summed E-state index contributed by atoms with van der Waals surface area (Å²) < 4.78 is 0. The molecule has 0 aromatic heterocycles. The maximum atomic E-state index is 11.6. The summed E-state index contributed by atoms with van der Waals surface area (Å²) in [5.41, 5.74) is 5.71. The van der Waals surface area contributed by atoms with Crippen molar-refractivity contribution >= 4 is 5.91 Å². The Balaban J connectivity index is 3.94. The van der Waals surface area contributed by atoms with Crippen LogP contribution in [0.25, 0.3) is 0 Å². The number of carbonyl (C=O) groups is 1. The van der Waals surface area contributed by atoms with Gasteiger partial charge in [-0.15, -0.1) is 0 Å². The van der Waals surface area contributed by atoms with E-state index in [1.807, 2.05) is 14.0 Å². The van der Waals surface area contributed by atoms with Crippen LogP contribution in [-0.4, -0.2) is 30.4 Å². The predicted octanol–water partition coefficient (Wildman–Crippen LogP) is 1.23. The Labute approximate surface area is 81.3 Å². The molecule has 0 aliphatic carbocycles. The summed E-state index contributed by atoms with van der Waals surface area (Å²) in [6.45, 7) is 7.01. The molecule has 0 rings (SSSR count). The van der Waals surface area contributed by atoms with Gasteiger partial charge in [-0.2, -0.15) is 0 Å². The fourth-order valence-corrected chi connectivity index (χ4v) is 1.36. The SMILES string of the molecule is CCC[C@@H](N)C(=O)N(C)CC(C)C. The van der Waals surface area contributed by atoms with Gasteiger partial charge in [0.1, 0.15) is 0 Å². The number of nitrogens with zero attached hydrogens (tertiary/aromatic N) is 1. The van der Waals surface area contributed by atoms with E-state index in [4.69, 9.17) is 5.73 Å². The first-order chi connectivity index (χ1) is 5.99. The van der Waals surface area contributed by atoms with E-state index in [-0.39, 0.29) is 11.9 Å². The van der Waals surface area contributed by atoms with Gasteiger partial charge < -0.3 is 10.6 Å². The number of amides is 1. The van der Waals surface area contributed by atoms with Crippen LogP contribution in [0.4, 0.5) is 0 Å². The van der Waals surface area contributed by atoms with Crippen molar-refractivity contribution in [2.75, 3.05) is 13.6 Å². The second kappa shape index (κ2) is 5.97. The Kier molecular flexibility index (Phi) is 5.71. The van der Waals surface area contributed by atoms with Crippen LogP contribution in [0.3, 0.4) is 0 Å². The summed E-state index contributed by atoms with van der Waals surface area (Å²) in [5, 5.41) is 0. The van der Waals surface area contributed by atoms with Crippen LogP contribution in [-0.2, 0) is 4.79 Å². The highest BCUT2D eigenvalue weighted by atomic mass is 16.2. The fraction of sp³-hybridized carbons (Fsp3) is 0.900. The Hall–Kier alpha value is -0.570. The standard InChI is InChI=1S/C10H22N2O/c1-5-6-9(11)10(13)12(4)7-8(2)3/h8-9H,5-7,11H2,1-4H3/t9-/m1/s1. The molecule has 78 valence electrons. The average Bonchev–Trinajstić information content (AvgIpc) is 2.02. The molecule has 0 unspecified atom stereocenters. The van der Waals surface area contributed by atoms with Gasteiger partial charge in [0.05, 0.1) is 6.04 Å². The molecule has 0 bridgehead atoms. The number of nitrogens with two attached hydrogens (primary N) is 1. The lowest BCUT2D eigenvalue weighted by atomic mass is 10.1. The van der Waals surface area contributed by atoms with Crippen LogP contribution in [0.5, 0.6) is 0 Å². The van der Waals surface area contributed by atoms with Crippen LogP contribution in [0.2, 0.25) is 0 Å². The molecule has 0 radical (unpaired) electrons. The Morgan fingerprint density at radius 2 is 2.00 bits per heavy atom. The molecular weight excluding hydrogens is 164 g/mol. The van der Waals surface area contributed by atoms with E-state index in [2.05, 4.69) is 13.8 Å². The summed E-state index contributed by atoms with van der Waals surface area (Å²) in [7, 11) is 1.82. The second-order valence-electron chi connectivity index (χ2n) is 4.01. The van der Waals surface area contributed by atoms with Gasteiger partial charge in [0, 0.05) is 13.6 Å². The third kappa shape index (κ3) is 4.88. The fourth-order valence-electron chi connectivity index (χ4n) is 1.36. The Bertz CT molecular complexity index is 157. The highest BCUT2D eigenvalue weighted by Crippen LogP contribution is 2.01. The van der Waals surface area contributed by atoms with Crippen molar-refractivity contribution in [3.8, 4) is 0 Å². The molecule has 0 aromatic rings. The Morgan fingerprint density at radius 3 is 2.38 bits per heavy atom. The zero-order chi connectivity index (χ0) is 10.4. The van der Waals surface area contributed by atoms with E-state index < -0.39 is 0 Å². The molecular formula is C10H22N2O. The van der Waals surface area contributed by atoms with Crippen LogP contribution < -0.4 is 5.73 Å².